The van der Waals surface area contributed by atoms with Crippen molar-refractivity contribution in [1.82, 2.24) is 19.3 Å². The molecule has 0 atom stereocenters. The zero-order valence-electron chi connectivity index (χ0n) is 23.2. The van der Waals surface area contributed by atoms with Crippen LogP contribution in [0.3, 0.4) is 0 Å². The topological polar surface area (TPSA) is 114 Å². The van der Waals surface area contributed by atoms with Gasteiger partial charge in [0.15, 0.2) is 0 Å². The first kappa shape index (κ1) is 28.7. The second-order valence-corrected chi connectivity index (χ2v) is 12.4. The number of hydrogen-bond acceptors (Lipinski definition) is 5. The highest BCUT2D eigenvalue weighted by molar-refractivity contribution is 7.90. The number of aromatic amines is 1. The van der Waals surface area contributed by atoms with Gasteiger partial charge in [0.2, 0.25) is 5.91 Å². The number of carbonyl (C=O) groups is 1. The van der Waals surface area contributed by atoms with Crippen LogP contribution in [0.2, 0.25) is 0 Å². The fraction of sp³-hybridized carbons (Fsp3) is 0.387. The summed E-state index contributed by atoms with van der Waals surface area (Å²) in [5.74, 6) is 0.112. The first-order chi connectivity index (χ1) is 19.8. The van der Waals surface area contributed by atoms with E-state index in [1.54, 1.807) is 47.2 Å². The molecule has 0 saturated heterocycles. The number of pyridine rings is 1. The number of aryl methyl sites for hydroxylation is 1. The van der Waals surface area contributed by atoms with E-state index in [4.69, 9.17) is 0 Å². The largest absolute Gasteiger partial charge is 0.327 e. The third-order valence-electron chi connectivity index (χ3n) is 7.87. The van der Waals surface area contributed by atoms with E-state index in [0.717, 1.165) is 38.5 Å². The lowest BCUT2D eigenvalue weighted by atomic mass is 10.0. The van der Waals surface area contributed by atoms with E-state index in [-0.39, 0.29) is 23.4 Å². The summed E-state index contributed by atoms with van der Waals surface area (Å²) < 4.78 is 45.9. The molecule has 2 aromatic carbocycles. The smallest absolute Gasteiger partial charge is 0.274 e. The fourth-order valence-corrected chi connectivity index (χ4v) is 6.92. The van der Waals surface area contributed by atoms with Crippen molar-refractivity contribution in [2.75, 3.05) is 0 Å². The van der Waals surface area contributed by atoms with E-state index >= 15 is 4.39 Å². The van der Waals surface area contributed by atoms with Gasteiger partial charge in [-0.2, -0.15) is 0 Å². The second kappa shape index (κ2) is 12.4. The van der Waals surface area contributed by atoms with Crippen molar-refractivity contribution in [2.45, 2.75) is 76.2 Å². The van der Waals surface area contributed by atoms with Crippen LogP contribution in [-0.4, -0.2) is 28.9 Å². The summed E-state index contributed by atoms with van der Waals surface area (Å²) in [5, 5.41) is 0. The van der Waals surface area contributed by atoms with Gasteiger partial charge in [-0.1, -0.05) is 69.4 Å². The van der Waals surface area contributed by atoms with Crippen molar-refractivity contribution in [3.63, 3.8) is 0 Å². The number of imidazole rings is 1. The van der Waals surface area contributed by atoms with Gasteiger partial charge in [0.05, 0.1) is 17.0 Å². The van der Waals surface area contributed by atoms with Crippen molar-refractivity contribution in [3.05, 3.63) is 82.3 Å². The zero-order chi connectivity index (χ0) is 29.0. The van der Waals surface area contributed by atoms with Crippen molar-refractivity contribution in [3.8, 4) is 11.1 Å². The van der Waals surface area contributed by atoms with E-state index < -0.39 is 21.7 Å². The summed E-state index contributed by atoms with van der Waals surface area (Å²) in [6.45, 7) is 2.17. The number of amides is 1. The van der Waals surface area contributed by atoms with Crippen LogP contribution in [0.4, 0.5) is 4.39 Å². The molecule has 2 heterocycles. The molecule has 1 saturated carbocycles. The van der Waals surface area contributed by atoms with Gasteiger partial charge in [-0.05, 0) is 42.5 Å². The van der Waals surface area contributed by atoms with Crippen LogP contribution in [0, 0.1) is 11.7 Å². The van der Waals surface area contributed by atoms with Crippen molar-refractivity contribution in [2.24, 2.45) is 5.92 Å². The highest BCUT2D eigenvalue weighted by atomic mass is 32.2. The summed E-state index contributed by atoms with van der Waals surface area (Å²) in [5.41, 5.74) is 1.66. The van der Waals surface area contributed by atoms with Gasteiger partial charge < -0.3 is 9.55 Å². The molecule has 41 heavy (non-hydrogen) atoms. The standard InChI is InChI=1S/C31H35FN4O4S/c1-2-3-12-28-34-26-17-18-33-31(38)30(26)36(28)20-23-15-14-22(19-25(23)32)24-10-6-7-11-27(24)41(39,40)35-29(37)16-13-21-8-4-5-9-21/h6-7,10-11,14-15,17-19,21H,2-5,8-9,12-13,16,20H2,1H3,(H,33,38)(H,35,37). The van der Waals surface area contributed by atoms with E-state index in [0.29, 0.717) is 52.3 Å². The summed E-state index contributed by atoms with van der Waals surface area (Å²) in [4.78, 5) is 32.3. The maximum absolute atomic E-state index is 15.6. The Morgan fingerprint density at radius 1 is 1.15 bits per heavy atom. The lowest BCUT2D eigenvalue weighted by molar-refractivity contribution is -0.119. The van der Waals surface area contributed by atoms with Gasteiger partial charge in [0.25, 0.3) is 15.6 Å². The molecule has 0 radical (unpaired) electrons. The van der Waals surface area contributed by atoms with E-state index in [9.17, 15) is 18.0 Å². The molecular weight excluding hydrogens is 543 g/mol. The Labute approximate surface area is 239 Å². The Morgan fingerprint density at radius 2 is 1.93 bits per heavy atom. The van der Waals surface area contributed by atoms with Gasteiger partial charge in [-0.3, -0.25) is 9.59 Å². The molecule has 1 fully saturated rings. The Bertz CT molecular complexity index is 1720. The van der Waals surface area contributed by atoms with Crippen LogP contribution in [0.5, 0.6) is 0 Å². The van der Waals surface area contributed by atoms with Crippen LogP contribution >= 0.6 is 0 Å². The molecule has 0 bridgehead atoms. The minimum Gasteiger partial charge on any atom is -0.327 e. The van der Waals surface area contributed by atoms with Crippen LogP contribution in [0.1, 0.15) is 69.7 Å². The number of halogens is 1. The Hall–Kier alpha value is -3.79. The maximum atomic E-state index is 15.6. The molecule has 2 aromatic heterocycles. The fourth-order valence-electron chi connectivity index (χ4n) is 5.68. The highest BCUT2D eigenvalue weighted by Gasteiger charge is 2.24. The minimum absolute atomic E-state index is 0.0876. The van der Waals surface area contributed by atoms with Crippen LogP contribution in [-0.2, 0) is 27.8 Å². The summed E-state index contributed by atoms with van der Waals surface area (Å²) in [7, 11) is -4.16. The third kappa shape index (κ3) is 6.43. The van der Waals surface area contributed by atoms with Gasteiger partial charge >= 0.3 is 0 Å². The second-order valence-electron chi connectivity index (χ2n) is 10.8. The van der Waals surface area contributed by atoms with Gasteiger partial charge in [0, 0.05) is 30.2 Å². The van der Waals surface area contributed by atoms with Crippen molar-refractivity contribution < 1.29 is 17.6 Å². The highest BCUT2D eigenvalue weighted by Crippen LogP contribution is 2.31. The summed E-state index contributed by atoms with van der Waals surface area (Å²) in [6, 6.07) is 12.5. The van der Waals surface area contributed by atoms with Crippen LogP contribution < -0.4 is 10.3 Å². The number of nitrogens with one attached hydrogen (secondary N) is 2. The molecule has 8 nitrogen and oxygen atoms in total. The molecular formula is C31H35FN4O4S. The van der Waals surface area contributed by atoms with E-state index in [1.807, 2.05) is 0 Å². The minimum atomic E-state index is -4.16. The lowest BCUT2D eigenvalue weighted by Crippen LogP contribution is -2.31. The molecule has 1 aliphatic carbocycles. The molecule has 1 aliphatic rings. The number of fused-ring (bicyclic) bond motifs is 1. The summed E-state index contributed by atoms with van der Waals surface area (Å²) in [6.07, 6.45) is 9.34. The Kier molecular flexibility index (Phi) is 8.68. The van der Waals surface area contributed by atoms with E-state index in [2.05, 4.69) is 21.6 Å². The molecule has 2 N–H and O–H groups in total. The van der Waals surface area contributed by atoms with Gasteiger partial charge in [-0.25, -0.2) is 22.5 Å². The quantitative estimate of drug-likeness (QED) is 0.237. The summed E-state index contributed by atoms with van der Waals surface area (Å²) >= 11 is 0. The lowest BCUT2D eigenvalue weighted by Gasteiger charge is -2.14. The monoisotopic (exact) mass is 578 g/mol. The average molecular weight is 579 g/mol. The van der Waals surface area contributed by atoms with Crippen molar-refractivity contribution >= 4 is 27.0 Å². The Balaban J connectivity index is 1.40. The third-order valence-corrected chi connectivity index (χ3v) is 9.30. The maximum Gasteiger partial charge on any atom is 0.274 e. The Morgan fingerprint density at radius 3 is 2.68 bits per heavy atom. The number of H-pyrrole nitrogens is 1. The molecule has 5 rings (SSSR count). The molecule has 0 spiro atoms. The predicted molar refractivity (Wildman–Crippen MR) is 156 cm³/mol. The predicted octanol–water partition coefficient (Wildman–Crippen LogP) is 5.70. The molecule has 0 unspecified atom stereocenters. The van der Waals surface area contributed by atoms with Crippen molar-refractivity contribution in [1.29, 1.82) is 0 Å². The molecule has 4 aromatic rings. The number of unbranched alkanes of at least 4 members (excludes halogenated alkanes) is 1. The average Bonchev–Trinajstić information content (AvgIpc) is 3.60. The number of hydrogen-bond donors (Lipinski definition) is 2. The van der Waals surface area contributed by atoms with Gasteiger partial charge in [-0.15, -0.1) is 0 Å². The number of rotatable bonds is 11. The van der Waals surface area contributed by atoms with Crippen LogP contribution in [0.15, 0.2) is 64.4 Å². The number of benzene rings is 2. The molecule has 0 aliphatic heterocycles. The number of nitrogens with zero attached hydrogens (tertiary/aromatic N) is 2. The number of sulfonamides is 1. The SMILES string of the molecule is CCCCc1nc2cc[nH]c(=O)c2n1Cc1ccc(-c2ccccc2S(=O)(=O)NC(=O)CCC2CCCC2)cc1F. The normalized spacial score (nSPS) is 14.1. The van der Waals surface area contributed by atoms with E-state index in [1.165, 1.54) is 12.1 Å². The molecule has 216 valence electrons. The first-order valence-electron chi connectivity index (χ1n) is 14.3. The van der Waals surface area contributed by atoms with Crippen LogP contribution in [0.25, 0.3) is 22.2 Å². The molecule has 10 heteroatoms. The zero-order valence-corrected chi connectivity index (χ0v) is 24.0. The molecule has 1 amide bonds. The number of aromatic nitrogens is 3. The van der Waals surface area contributed by atoms with Gasteiger partial charge in [0.1, 0.15) is 17.2 Å². The first-order valence-corrected chi connectivity index (χ1v) is 15.8. The number of carbonyl (C=O) groups excluding carboxylic acids is 1.